The Kier molecular flexibility index (Phi) is 6.26. The molecular weight excluding hydrogens is 377 g/mol. The molecule has 0 atom stereocenters. The Morgan fingerprint density at radius 2 is 1.93 bits per heavy atom. The van der Waals surface area contributed by atoms with Crippen LogP contribution in [0.25, 0.3) is 0 Å². The third-order valence-electron chi connectivity index (χ3n) is 4.72. The fraction of sp³-hybridized carbons (Fsp3) is 0.409. The van der Waals surface area contributed by atoms with Gasteiger partial charge in [-0.05, 0) is 81.6 Å². The fourth-order valence-electron chi connectivity index (χ4n) is 3.39. The molecule has 1 aliphatic rings. The lowest BCUT2D eigenvalue weighted by Crippen LogP contribution is -2.40. The Morgan fingerprint density at radius 3 is 2.64 bits per heavy atom. The number of fused-ring (bicyclic) bond motifs is 1. The van der Waals surface area contributed by atoms with E-state index in [4.69, 9.17) is 11.6 Å². The van der Waals surface area contributed by atoms with E-state index in [1.807, 2.05) is 26.8 Å². The second-order valence-electron chi connectivity index (χ2n) is 8.18. The molecule has 28 heavy (non-hydrogen) atoms. The second-order valence-corrected chi connectivity index (χ2v) is 8.59. The molecule has 1 heterocycles. The number of hydrogen-bond donors (Lipinski definition) is 3. The van der Waals surface area contributed by atoms with Gasteiger partial charge in [-0.1, -0.05) is 23.7 Å². The molecule has 2 aromatic rings. The summed E-state index contributed by atoms with van der Waals surface area (Å²) in [5, 5.41) is 10.2. The van der Waals surface area contributed by atoms with Gasteiger partial charge in [0.15, 0.2) is 0 Å². The number of hydrogen-bond acceptors (Lipinski definition) is 3. The molecule has 0 fully saturated rings. The van der Waals surface area contributed by atoms with Gasteiger partial charge in [0, 0.05) is 12.1 Å². The van der Waals surface area contributed by atoms with E-state index in [2.05, 4.69) is 22.0 Å². The number of nitrogens with one attached hydrogen (secondary N) is 3. The topological polar surface area (TPSA) is 53.2 Å². The van der Waals surface area contributed by atoms with Gasteiger partial charge < -0.3 is 16.0 Å². The Bertz CT molecular complexity index is 877. The average Bonchev–Trinajstić information content (AvgIpc) is 2.85. The highest BCUT2D eigenvalue weighted by atomic mass is 35.5. The van der Waals surface area contributed by atoms with Crippen molar-refractivity contribution in [3.8, 4) is 0 Å². The maximum Gasteiger partial charge on any atom is 0.254 e. The zero-order valence-corrected chi connectivity index (χ0v) is 17.3. The van der Waals surface area contributed by atoms with Gasteiger partial charge in [-0.15, -0.1) is 0 Å². The summed E-state index contributed by atoms with van der Waals surface area (Å²) in [6, 6.07) is 8.70. The first-order chi connectivity index (χ1) is 13.2. The van der Waals surface area contributed by atoms with Crippen LogP contribution < -0.4 is 16.0 Å². The van der Waals surface area contributed by atoms with E-state index in [-0.39, 0.29) is 5.56 Å². The summed E-state index contributed by atoms with van der Waals surface area (Å²) in [5.74, 6) is -0.934. The molecule has 2 aromatic carbocycles. The average molecular weight is 404 g/mol. The van der Waals surface area contributed by atoms with Crippen LogP contribution in [0.3, 0.4) is 0 Å². The molecule has 0 aliphatic carbocycles. The third-order valence-corrected chi connectivity index (χ3v) is 5.03. The first-order valence-electron chi connectivity index (χ1n) is 9.60. The predicted octanol–water partition coefficient (Wildman–Crippen LogP) is 4.31. The van der Waals surface area contributed by atoms with Crippen molar-refractivity contribution in [1.82, 2.24) is 10.6 Å². The summed E-state index contributed by atoms with van der Waals surface area (Å²) in [6.45, 7) is 7.89. The lowest BCUT2D eigenvalue weighted by Gasteiger charge is -2.21. The van der Waals surface area contributed by atoms with Gasteiger partial charge in [0.25, 0.3) is 5.91 Å². The standard InChI is InChI=1S/C22H27ClFN3O/c1-22(2,3)27-21(28)17-6-4-14(12-19(17)24)13-26-20-16-9-11-25-10-8-15(16)5-7-18(20)23/h4-7,12,25-26H,8-11,13H2,1-3H3,(H,27,28). The lowest BCUT2D eigenvalue weighted by atomic mass is 10.0. The number of amides is 1. The Morgan fingerprint density at radius 1 is 1.18 bits per heavy atom. The van der Waals surface area contributed by atoms with Crippen LogP contribution in [-0.4, -0.2) is 24.5 Å². The van der Waals surface area contributed by atoms with Gasteiger partial charge in [0.1, 0.15) is 5.82 Å². The quantitative estimate of drug-likeness (QED) is 0.713. The van der Waals surface area contributed by atoms with Gasteiger partial charge in [-0.2, -0.15) is 0 Å². The zero-order valence-electron chi connectivity index (χ0n) is 16.6. The van der Waals surface area contributed by atoms with Crippen molar-refractivity contribution in [2.45, 2.75) is 45.7 Å². The van der Waals surface area contributed by atoms with Crippen molar-refractivity contribution in [2.75, 3.05) is 18.4 Å². The minimum absolute atomic E-state index is 0.0522. The summed E-state index contributed by atoms with van der Waals surface area (Å²) in [7, 11) is 0. The molecule has 0 bridgehead atoms. The van der Waals surface area contributed by atoms with Gasteiger partial charge in [-0.25, -0.2) is 4.39 Å². The molecule has 1 aliphatic heterocycles. The van der Waals surface area contributed by atoms with E-state index < -0.39 is 17.3 Å². The van der Waals surface area contributed by atoms with Crippen molar-refractivity contribution in [2.24, 2.45) is 0 Å². The number of halogens is 2. The molecule has 0 aromatic heterocycles. The van der Waals surface area contributed by atoms with Crippen LogP contribution in [0.5, 0.6) is 0 Å². The summed E-state index contributed by atoms with van der Waals surface area (Å²) >= 11 is 6.43. The molecule has 0 saturated heterocycles. The second kappa shape index (κ2) is 8.50. The highest BCUT2D eigenvalue weighted by Gasteiger charge is 2.19. The van der Waals surface area contributed by atoms with Gasteiger partial charge in [-0.3, -0.25) is 4.79 Å². The predicted molar refractivity (Wildman–Crippen MR) is 113 cm³/mol. The highest BCUT2D eigenvalue weighted by Crippen LogP contribution is 2.31. The molecule has 0 radical (unpaired) electrons. The van der Waals surface area contributed by atoms with E-state index in [0.717, 1.165) is 37.2 Å². The molecule has 3 N–H and O–H groups in total. The van der Waals surface area contributed by atoms with E-state index >= 15 is 0 Å². The first kappa shape index (κ1) is 20.6. The lowest BCUT2D eigenvalue weighted by molar-refractivity contribution is 0.0915. The zero-order chi connectivity index (χ0) is 20.3. The van der Waals surface area contributed by atoms with Crippen molar-refractivity contribution < 1.29 is 9.18 Å². The number of rotatable bonds is 4. The van der Waals surface area contributed by atoms with Gasteiger partial charge in [0.05, 0.1) is 16.3 Å². The largest absolute Gasteiger partial charge is 0.380 e. The number of anilines is 1. The first-order valence-corrected chi connectivity index (χ1v) is 9.98. The Labute approximate surface area is 170 Å². The summed E-state index contributed by atoms with van der Waals surface area (Å²) in [4.78, 5) is 12.2. The molecular formula is C22H27ClFN3O. The molecule has 150 valence electrons. The summed E-state index contributed by atoms with van der Waals surface area (Å²) in [6.07, 6.45) is 1.87. The molecule has 0 spiro atoms. The highest BCUT2D eigenvalue weighted by molar-refractivity contribution is 6.33. The van der Waals surface area contributed by atoms with Gasteiger partial charge >= 0.3 is 0 Å². The Balaban J connectivity index is 1.75. The monoisotopic (exact) mass is 403 g/mol. The summed E-state index contributed by atoms with van der Waals surface area (Å²) < 4.78 is 14.5. The molecule has 0 unspecified atom stereocenters. The van der Waals surface area contributed by atoms with E-state index in [9.17, 15) is 9.18 Å². The maximum atomic E-state index is 14.5. The number of benzene rings is 2. The van der Waals surface area contributed by atoms with E-state index in [0.29, 0.717) is 11.6 Å². The maximum absolute atomic E-state index is 14.5. The molecule has 6 heteroatoms. The van der Waals surface area contributed by atoms with Crippen molar-refractivity contribution in [3.05, 3.63) is 63.4 Å². The smallest absolute Gasteiger partial charge is 0.254 e. The van der Waals surface area contributed by atoms with E-state index in [1.54, 1.807) is 6.07 Å². The molecule has 1 amide bonds. The molecule has 3 rings (SSSR count). The Hall–Kier alpha value is -2.11. The summed E-state index contributed by atoms with van der Waals surface area (Å²) in [5.41, 5.74) is 3.82. The number of carbonyl (C=O) groups excluding carboxylic acids is 1. The van der Waals surface area contributed by atoms with Crippen LogP contribution in [0.1, 0.15) is 47.8 Å². The minimum atomic E-state index is -0.525. The van der Waals surface area contributed by atoms with Crippen LogP contribution in [0.4, 0.5) is 10.1 Å². The molecule has 4 nitrogen and oxygen atoms in total. The van der Waals surface area contributed by atoms with Crippen LogP contribution in [0.2, 0.25) is 5.02 Å². The van der Waals surface area contributed by atoms with Crippen LogP contribution in [0.15, 0.2) is 30.3 Å². The fourth-order valence-corrected chi connectivity index (χ4v) is 3.63. The SMILES string of the molecule is CC(C)(C)NC(=O)c1ccc(CNc2c(Cl)ccc3c2CCNCC3)cc1F. The number of carbonyl (C=O) groups is 1. The van der Waals surface area contributed by atoms with Crippen molar-refractivity contribution >= 4 is 23.2 Å². The molecule has 0 saturated carbocycles. The van der Waals surface area contributed by atoms with Crippen molar-refractivity contribution in [1.29, 1.82) is 0 Å². The minimum Gasteiger partial charge on any atom is -0.380 e. The third kappa shape index (κ3) is 5.03. The van der Waals surface area contributed by atoms with Crippen LogP contribution in [0, 0.1) is 5.82 Å². The normalized spacial score (nSPS) is 14.2. The van der Waals surface area contributed by atoms with Gasteiger partial charge in [0.2, 0.25) is 0 Å². The van der Waals surface area contributed by atoms with Crippen LogP contribution in [-0.2, 0) is 19.4 Å². The van der Waals surface area contributed by atoms with Crippen molar-refractivity contribution in [3.63, 3.8) is 0 Å². The van der Waals surface area contributed by atoms with E-state index in [1.165, 1.54) is 23.3 Å². The van der Waals surface area contributed by atoms with Crippen LogP contribution >= 0.6 is 11.6 Å².